The van der Waals surface area contributed by atoms with Crippen molar-refractivity contribution in [1.29, 1.82) is 0 Å². The van der Waals surface area contributed by atoms with Crippen LogP contribution in [0.5, 0.6) is 0 Å². The monoisotopic (exact) mass is 223 g/mol. The number of allylic oxidation sites excluding steroid dienone is 1. The second kappa shape index (κ2) is 7.99. The van der Waals surface area contributed by atoms with E-state index in [1.165, 1.54) is 12.2 Å². The number of hydrogen-bond donors (Lipinski definition) is 0. The van der Waals surface area contributed by atoms with Gasteiger partial charge < -0.3 is 0 Å². The van der Waals surface area contributed by atoms with E-state index in [1.54, 1.807) is 0 Å². The first-order valence-corrected chi connectivity index (χ1v) is 5.66. The number of carbonyl (C=O) groups excluding carboxylic acids is 2. The molecule has 0 radical (unpaired) electrons. The fourth-order valence-corrected chi connectivity index (χ4v) is 1.69. The van der Waals surface area contributed by atoms with Crippen LogP contribution in [-0.2, 0) is 9.59 Å². The van der Waals surface area contributed by atoms with E-state index in [0.29, 0.717) is 12.8 Å². The van der Waals surface area contributed by atoms with Crippen molar-refractivity contribution in [3.63, 3.8) is 0 Å². The lowest BCUT2D eigenvalue weighted by Gasteiger charge is -2.27. The summed E-state index contributed by atoms with van der Waals surface area (Å²) in [5.41, 5.74) is 0. The topological polar surface area (TPSA) is 37.4 Å². The van der Waals surface area contributed by atoms with Gasteiger partial charge in [0.1, 0.15) is 0 Å². The SMILES string of the molecule is C=CC(=O)CCC(C(=O)C=C)N(CC)CC. The summed E-state index contributed by atoms with van der Waals surface area (Å²) in [6, 6.07) is -0.226. The van der Waals surface area contributed by atoms with E-state index >= 15 is 0 Å². The molecular weight excluding hydrogens is 202 g/mol. The van der Waals surface area contributed by atoms with Crippen LogP contribution in [0.25, 0.3) is 0 Å². The van der Waals surface area contributed by atoms with E-state index in [0.717, 1.165) is 13.1 Å². The van der Waals surface area contributed by atoms with Crippen LogP contribution < -0.4 is 0 Å². The van der Waals surface area contributed by atoms with Gasteiger partial charge in [-0.05, 0) is 31.7 Å². The number of carbonyl (C=O) groups is 2. The van der Waals surface area contributed by atoms with Crippen LogP contribution in [0.3, 0.4) is 0 Å². The Morgan fingerprint density at radius 2 is 1.75 bits per heavy atom. The van der Waals surface area contributed by atoms with Crippen molar-refractivity contribution >= 4 is 11.6 Å². The second-order valence-electron chi connectivity index (χ2n) is 3.55. The molecule has 0 spiro atoms. The number of ketones is 2. The van der Waals surface area contributed by atoms with Crippen molar-refractivity contribution in [2.45, 2.75) is 32.7 Å². The third-order valence-corrected chi connectivity index (χ3v) is 2.67. The molecule has 3 nitrogen and oxygen atoms in total. The van der Waals surface area contributed by atoms with Gasteiger partial charge in [0.2, 0.25) is 0 Å². The molecule has 90 valence electrons. The van der Waals surface area contributed by atoms with Gasteiger partial charge in [0, 0.05) is 6.42 Å². The lowest BCUT2D eigenvalue weighted by Crippen LogP contribution is -2.40. The van der Waals surface area contributed by atoms with Crippen molar-refractivity contribution in [2.75, 3.05) is 13.1 Å². The maximum atomic E-state index is 11.7. The van der Waals surface area contributed by atoms with E-state index < -0.39 is 0 Å². The van der Waals surface area contributed by atoms with Crippen LogP contribution in [-0.4, -0.2) is 35.6 Å². The standard InChI is InChI=1S/C13H21NO2/c1-5-11(15)9-10-12(13(16)6-2)14(7-3)8-4/h5-6,12H,1-2,7-10H2,3-4H3. The number of rotatable bonds is 9. The number of hydrogen-bond acceptors (Lipinski definition) is 3. The lowest BCUT2D eigenvalue weighted by atomic mass is 10.0. The van der Waals surface area contributed by atoms with E-state index in [1.807, 2.05) is 18.7 Å². The van der Waals surface area contributed by atoms with Gasteiger partial charge in [-0.25, -0.2) is 0 Å². The van der Waals surface area contributed by atoms with Crippen molar-refractivity contribution < 1.29 is 9.59 Å². The molecule has 1 unspecified atom stereocenters. The molecule has 0 heterocycles. The van der Waals surface area contributed by atoms with Crippen LogP contribution in [0.1, 0.15) is 26.7 Å². The third-order valence-electron chi connectivity index (χ3n) is 2.67. The van der Waals surface area contributed by atoms with Crippen molar-refractivity contribution in [3.8, 4) is 0 Å². The Hall–Kier alpha value is -1.22. The van der Waals surface area contributed by atoms with E-state index in [4.69, 9.17) is 0 Å². The minimum Gasteiger partial charge on any atom is -0.295 e. The molecule has 3 heteroatoms. The molecule has 0 aromatic rings. The molecule has 0 amide bonds. The van der Waals surface area contributed by atoms with Crippen molar-refractivity contribution in [3.05, 3.63) is 25.3 Å². The van der Waals surface area contributed by atoms with E-state index in [2.05, 4.69) is 13.2 Å². The molecule has 0 aliphatic rings. The average Bonchev–Trinajstić information content (AvgIpc) is 2.32. The van der Waals surface area contributed by atoms with Gasteiger partial charge in [-0.15, -0.1) is 0 Å². The maximum Gasteiger partial charge on any atom is 0.172 e. The fourth-order valence-electron chi connectivity index (χ4n) is 1.69. The fraction of sp³-hybridized carbons (Fsp3) is 0.538. The predicted octanol–water partition coefficient (Wildman–Crippen LogP) is 1.99. The predicted molar refractivity (Wildman–Crippen MR) is 66.4 cm³/mol. The second-order valence-corrected chi connectivity index (χ2v) is 3.55. The highest BCUT2D eigenvalue weighted by molar-refractivity contribution is 5.95. The first-order valence-electron chi connectivity index (χ1n) is 5.66. The summed E-state index contributed by atoms with van der Waals surface area (Å²) in [4.78, 5) is 24.9. The molecule has 0 N–H and O–H groups in total. The van der Waals surface area contributed by atoms with Gasteiger partial charge in [-0.2, -0.15) is 0 Å². The quantitative estimate of drug-likeness (QED) is 0.561. The summed E-state index contributed by atoms with van der Waals surface area (Å²) < 4.78 is 0. The molecule has 1 atom stereocenters. The molecule has 0 saturated carbocycles. The summed E-state index contributed by atoms with van der Waals surface area (Å²) in [7, 11) is 0. The summed E-state index contributed by atoms with van der Waals surface area (Å²) in [5.74, 6) is -0.0328. The summed E-state index contributed by atoms with van der Waals surface area (Å²) in [5, 5.41) is 0. The van der Waals surface area contributed by atoms with Crippen LogP contribution >= 0.6 is 0 Å². The zero-order valence-electron chi connectivity index (χ0n) is 10.2. The first kappa shape index (κ1) is 14.8. The largest absolute Gasteiger partial charge is 0.295 e. The minimum atomic E-state index is -0.226. The molecule has 0 rings (SSSR count). The lowest BCUT2D eigenvalue weighted by molar-refractivity contribution is -0.120. The highest BCUT2D eigenvalue weighted by Crippen LogP contribution is 2.09. The molecule has 0 aliphatic carbocycles. The molecule has 0 aromatic carbocycles. The summed E-state index contributed by atoms with van der Waals surface area (Å²) in [6.45, 7) is 12.5. The van der Waals surface area contributed by atoms with Crippen LogP contribution in [0.2, 0.25) is 0 Å². The zero-order chi connectivity index (χ0) is 12.6. The molecule has 0 saturated heterocycles. The Bertz CT molecular complexity index is 267. The van der Waals surface area contributed by atoms with Crippen molar-refractivity contribution in [2.24, 2.45) is 0 Å². The molecule has 0 aliphatic heterocycles. The zero-order valence-corrected chi connectivity index (χ0v) is 10.2. The third kappa shape index (κ3) is 4.53. The van der Waals surface area contributed by atoms with Crippen LogP contribution in [0, 0.1) is 0 Å². The molecule has 16 heavy (non-hydrogen) atoms. The molecule has 0 bridgehead atoms. The Kier molecular flexibility index (Phi) is 7.38. The van der Waals surface area contributed by atoms with Gasteiger partial charge >= 0.3 is 0 Å². The van der Waals surface area contributed by atoms with Crippen LogP contribution in [0.15, 0.2) is 25.3 Å². The summed E-state index contributed by atoms with van der Waals surface area (Å²) in [6.07, 6.45) is 3.54. The average molecular weight is 223 g/mol. The van der Waals surface area contributed by atoms with Gasteiger partial charge in [0.25, 0.3) is 0 Å². The Balaban J connectivity index is 4.53. The number of nitrogens with zero attached hydrogens (tertiary/aromatic N) is 1. The van der Waals surface area contributed by atoms with Gasteiger partial charge in [0.05, 0.1) is 6.04 Å². The maximum absolute atomic E-state index is 11.7. The first-order chi connectivity index (χ1) is 7.60. The summed E-state index contributed by atoms with van der Waals surface area (Å²) >= 11 is 0. The molecule has 0 aromatic heterocycles. The van der Waals surface area contributed by atoms with Crippen LogP contribution in [0.4, 0.5) is 0 Å². The smallest absolute Gasteiger partial charge is 0.172 e. The number of likely N-dealkylation sites (N-methyl/N-ethyl adjacent to an activating group) is 1. The molecular formula is C13H21NO2. The Morgan fingerprint density at radius 3 is 2.12 bits per heavy atom. The minimum absolute atomic E-state index is 0.0134. The van der Waals surface area contributed by atoms with E-state index in [-0.39, 0.29) is 17.6 Å². The molecule has 0 fully saturated rings. The Labute approximate surface area is 97.8 Å². The van der Waals surface area contributed by atoms with Gasteiger partial charge in [-0.1, -0.05) is 27.0 Å². The van der Waals surface area contributed by atoms with Gasteiger partial charge in [0.15, 0.2) is 11.6 Å². The van der Waals surface area contributed by atoms with Gasteiger partial charge in [-0.3, -0.25) is 14.5 Å². The Morgan fingerprint density at radius 1 is 1.19 bits per heavy atom. The normalized spacial score (nSPS) is 12.2. The van der Waals surface area contributed by atoms with Crippen molar-refractivity contribution in [1.82, 2.24) is 4.90 Å². The van der Waals surface area contributed by atoms with E-state index in [9.17, 15) is 9.59 Å². The highest BCUT2D eigenvalue weighted by Gasteiger charge is 2.21. The highest BCUT2D eigenvalue weighted by atomic mass is 16.1.